The Balaban J connectivity index is 1.38. The number of para-hydroxylation sites is 2. The van der Waals surface area contributed by atoms with E-state index in [0.717, 1.165) is 35.6 Å². The number of benzene rings is 1. The van der Waals surface area contributed by atoms with Gasteiger partial charge >= 0.3 is 12.0 Å². The molecule has 2 aliphatic rings. The molecule has 9 nitrogen and oxygen atoms in total. The van der Waals surface area contributed by atoms with Crippen molar-refractivity contribution in [3.63, 3.8) is 0 Å². The molecule has 2 aliphatic heterocycles. The Labute approximate surface area is 192 Å². The van der Waals surface area contributed by atoms with E-state index in [0.29, 0.717) is 37.7 Å². The monoisotopic (exact) mass is 446 g/mol. The fourth-order valence-electron chi connectivity index (χ4n) is 4.59. The van der Waals surface area contributed by atoms with Gasteiger partial charge in [0.15, 0.2) is 0 Å². The number of H-pyrrole nitrogens is 1. The molecule has 0 spiro atoms. The molecule has 170 valence electrons. The number of anilines is 3. The lowest BCUT2D eigenvalue weighted by Gasteiger charge is -2.39. The maximum atomic E-state index is 13.5. The van der Waals surface area contributed by atoms with Gasteiger partial charge in [0.25, 0.3) is 0 Å². The minimum atomic E-state index is -0.393. The van der Waals surface area contributed by atoms with Gasteiger partial charge in [-0.2, -0.15) is 5.10 Å². The number of esters is 1. The average molecular weight is 447 g/mol. The number of pyridine rings is 1. The molecule has 1 unspecified atom stereocenters. The standard InChI is InChI=1S/C24H26N6O3/c1-2-33-23(31)18-11-20(15-25-12-18)29-9-10-30(22-6-4-3-5-21(22)29)24(32)28-8-7-17(16-28)19-13-26-27-14-19/h3-6,11-15,17H,2,7-10,16H2,1H3,(H,26,27). The third-order valence-corrected chi connectivity index (χ3v) is 6.24. The Bertz CT molecular complexity index is 1150. The number of likely N-dealkylation sites (tertiary alicyclic amines) is 1. The Morgan fingerprint density at radius 1 is 1.12 bits per heavy atom. The van der Waals surface area contributed by atoms with Crippen molar-refractivity contribution < 1.29 is 14.3 Å². The van der Waals surface area contributed by atoms with Gasteiger partial charge < -0.3 is 14.5 Å². The van der Waals surface area contributed by atoms with Gasteiger partial charge in [-0.25, -0.2) is 9.59 Å². The van der Waals surface area contributed by atoms with E-state index in [1.165, 1.54) is 6.20 Å². The molecule has 5 rings (SSSR count). The number of carbonyl (C=O) groups excluding carboxylic acids is 2. The SMILES string of the molecule is CCOC(=O)c1cncc(N2CCN(C(=O)N3CCC(c4cn[nH]c4)C3)c3ccccc32)c1. The number of rotatable bonds is 4. The van der Waals surface area contributed by atoms with E-state index in [-0.39, 0.29) is 6.03 Å². The molecule has 9 heteroatoms. The Hall–Kier alpha value is -3.88. The number of urea groups is 1. The molecule has 33 heavy (non-hydrogen) atoms. The van der Waals surface area contributed by atoms with Crippen LogP contribution in [0.15, 0.2) is 55.1 Å². The molecular formula is C24H26N6O3. The molecule has 0 radical (unpaired) electrons. The van der Waals surface area contributed by atoms with Crippen molar-refractivity contribution in [3.8, 4) is 0 Å². The summed E-state index contributed by atoms with van der Waals surface area (Å²) < 4.78 is 5.12. The zero-order chi connectivity index (χ0) is 22.8. The van der Waals surface area contributed by atoms with Crippen LogP contribution in [0.2, 0.25) is 0 Å². The number of carbonyl (C=O) groups is 2. The van der Waals surface area contributed by atoms with E-state index in [1.54, 1.807) is 19.2 Å². The highest BCUT2D eigenvalue weighted by Gasteiger charge is 2.34. The quantitative estimate of drug-likeness (QED) is 0.616. The molecule has 0 aliphatic carbocycles. The second kappa shape index (κ2) is 8.93. The van der Waals surface area contributed by atoms with E-state index < -0.39 is 5.97 Å². The average Bonchev–Trinajstić information content (AvgIpc) is 3.55. The highest BCUT2D eigenvalue weighted by molar-refractivity contribution is 5.98. The van der Waals surface area contributed by atoms with Gasteiger partial charge in [-0.1, -0.05) is 12.1 Å². The van der Waals surface area contributed by atoms with E-state index in [4.69, 9.17) is 4.74 Å². The minimum absolute atomic E-state index is 0.0199. The normalized spacial score (nSPS) is 17.7. The molecule has 2 amide bonds. The van der Waals surface area contributed by atoms with Crippen LogP contribution in [0.5, 0.6) is 0 Å². The number of amides is 2. The minimum Gasteiger partial charge on any atom is -0.462 e. The molecule has 3 aromatic rings. The molecule has 4 heterocycles. The second-order valence-corrected chi connectivity index (χ2v) is 8.19. The topological polar surface area (TPSA) is 94.7 Å². The van der Waals surface area contributed by atoms with Crippen LogP contribution >= 0.6 is 0 Å². The van der Waals surface area contributed by atoms with Crippen LogP contribution in [-0.2, 0) is 4.74 Å². The van der Waals surface area contributed by atoms with Gasteiger partial charge in [-0.05, 0) is 37.1 Å². The summed E-state index contributed by atoms with van der Waals surface area (Å²) in [6.07, 6.45) is 7.92. The molecule has 1 aromatic carbocycles. The first-order chi connectivity index (χ1) is 16.2. The van der Waals surface area contributed by atoms with Crippen LogP contribution in [0.1, 0.15) is 35.2 Å². The van der Waals surface area contributed by atoms with Crippen LogP contribution in [0.4, 0.5) is 21.9 Å². The van der Waals surface area contributed by atoms with Crippen LogP contribution in [-0.4, -0.2) is 64.9 Å². The number of nitrogens with one attached hydrogen (secondary N) is 1. The van der Waals surface area contributed by atoms with Crippen molar-refractivity contribution in [3.05, 3.63) is 66.2 Å². The molecule has 0 saturated carbocycles. The number of fused-ring (bicyclic) bond motifs is 1. The zero-order valence-electron chi connectivity index (χ0n) is 18.5. The Kier molecular flexibility index (Phi) is 5.68. The fraction of sp³-hybridized carbons (Fsp3) is 0.333. The van der Waals surface area contributed by atoms with Crippen LogP contribution in [0.25, 0.3) is 0 Å². The van der Waals surface area contributed by atoms with Gasteiger partial charge in [-0.3, -0.25) is 15.0 Å². The highest BCUT2D eigenvalue weighted by Crippen LogP contribution is 2.38. The summed E-state index contributed by atoms with van der Waals surface area (Å²) in [5, 5.41) is 6.90. The van der Waals surface area contributed by atoms with Gasteiger partial charge in [0, 0.05) is 44.5 Å². The number of aromatic amines is 1. The molecule has 2 aromatic heterocycles. The lowest BCUT2D eigenvalue weighted by molar-refractivity contribution is 0.0526. The molecule has 1 fully saturated rings. The summed E-state index contributed by atoms with van der Waals surface area (Å²) in [5.41, 5.74) is 4.10. The number of hydrogen-bond donors (Lipinski definition) is 1. The first-order valence-corrected chi connectivity index (χ1v) is 11.2. The molecular weight excluding hydrogens is 420 g/mol. The van der Waals surface area contributed by atoms with Gasteiger partial charge in [0.2, 0.25) is 0 Å². The van der Waals surface area contributed by atoms with Crippen molar-refractivity contribution in [2.75, 3.05) is 42.6 Å². The maximum absolute atomic E-state index is 13.5. The zero-order valence-corrected chi connectivity index (χ0v) is 18.5. The lowest BCUT2D eigenvalue weighted by atomic mass is 10.0. The van der Waals surface area contributed by atoms with E-state index in [9.17, 15) is 9.59 Å². The summed E-state index contributed by atoms with van der Waals surface area (Å²) in [7, 11) is 0. The van der Waals surface area contributed by atoms with E-state index >= 15 is 0 Å². The van der Waals surface area contributed by atoms with Crippen LogP contribution in [0.3, 0.4) is 0 Å². The molecule has 0 bridgehead atoms. The number of aromatic nitrogens is 3. The van der Waals surface area contributed by atoms with Gasteiger partial charge in [0.1, 0.15) is 0 Å². The second-order valence-electron chi connectivity index (χ2n) is 8.19. The molecule has 1 saturated heterocycles. The first kappa shape index (κ1) is 21.0. The van der Waals surface area contributed by atoms with Gasteiger partial charge in [0.05, 0.1) is 41.6 Å². The van der Waals surface area contributed by atoms with Gasteiger partial charge in [-0.15, -0.1) is 0 Å². The third-order valence-electron chi connectivity index (χ3n) is 6.24. The summed E-state index contributed by atoms with van der Waals surface area (Å²) in [6, 6.07) is 9.65. The number of hydrogen-bond acceptors (Lipinski definition) is 6. The fourth-order valence-corrected chi connectivity index (χ4v) is 4.59. The summed E-state index contributed by atoms with van der Waals surface area (Å²) in [4.78, 5) is 35.8. The Morgan fingerprint density at radius 3 is 2.76 bits per heavy atom. The van der Waals surface area contributed by atoms with Crippen molar-refractivity contribution in [1.82, 2.24) is 20.1 Å². The highest BCUT2D eigenvalue weighted by atomic mass is 16.5. The molecule has 1 N–H and O–H groups in total. The smallest absolute Gasteiger partial charge is 0.339 e. The third kappa shape index (κ3) is 4.02. The van der Waals surface area contributed by atoms with Crippen molar-refractivity contribution in [1.29, 1.82) is 0 Å². The van der Waals surface area contributed by atoms with E-state index in [1.807, 2.05) is 46.5 Å². The summed E-state index contributed by atoms with van der Waals surface area (Å²) in [6.45, 7) is 4.63. The Morgan fingerprint density at radius 2 is 1.97 bits per heavy atom. The predicted molar refractivity (Wildman–Crippen MR) is 124 cm³/mol. The lowest BCUT2D eigenvalue weighted by Crippen LogP contribution is -2.48. The number of ether oxygens (including phenoxy) is 1. The number of nitrogens with zero attached hydrogens (tertiary/aromatic N) is 5. The van der Waals surface area contributed by atoms with Crippen molar-refractivity contribution in [2.45, 2.75) is 19.3 Å². The van der Waals surface area contributed by atoms with Crippen molar-refractivity contribution in [2.24, 2.45) is 0 Å². The largest absolute Gasteiger partial charge is 0.462 e. The van der Waals surface area contributed by atoms with Crippen LogP contribution < -0.4 is 9.80 Å². The predicted octanol–water partition coefficient (Wildman–Crippen LogP) is 3.55. The maximum Gasteiger partial charge on any atom is 0.339 e. The molecule has 1 atom stereocenters. The van der Waals surface area contributed by atoms with E-state index in [2.05, 4.69) is 20.1 Å². The summed E-state index contributed by atoms with van der Waals surface area (Å²) in [5.74, 6) is -0.0870. The first-order valence-electron chi connectivity index (χ1n) is 11.2. The van der Waals surface area contributed by atoms with Crippen LogP contribution in [0, 0.1) is 0 Å². The summed E-state index contributed by atoms with van der Waals surface area (Å²) >= 11 is 0. The van der Waals surface area contributed by atoms with Crippen molar-refractivity contribution >= 4 is 29.1 Å².